The van der Waals surface area contributed by atoms with Gasteiger partial charge in [-0.3, -0.25) is 0 Å². The van der Waals surface area contributed by atoms with Crippen LogP contribution < -0.4 is 5.73 Å². The molecule has 20 heavy (non-hydrogen) atoms. The second-order valence-electron chi connectivity index (χ2n) is 7.94. The molecule has 0 aromatic carbocycles. The first-order chi connectivity index (χ1) is 9.23. The summed E-state index contributed by atoms with van der Waals surface area (Å²) in [6, 6.07) is 0. The Balaban J connectivity index is 2.11. The van der Waals surface area contributed by atoms with Crippen molar-refractivity contribution in [2.75, 3.05) is 12.8 Å². The molecule has 4 unspecified atom stereocenters. The van der Waals surface area contributed by atoms with Crippen LogP contribution in [0.3, 0.4) is 0 Å². The molecule has 0 amide bonds. The predicted octanol–water partition coefficient (Wildman–Crippen LogP) is 2.99. The molecular weight excluding hydrogens is 270 g/mol. The molecule has 4 heteroatoms. The molecule has 2 N–H and O–H groups in total. The van der Waals surface area contributed by atoms with E-state index in [4.69, 9.17) is 5.73 Å². The van der Waals surface area contributed by atoms with Crippen molar-refractivity contribution in [1.29, 1.82) is 0 Å². The van der Waals surface area contributed by atoms with Crippen LogP contribution in [0.2, 0.25) is 0 Å². The van der Waals surface area contributed by atoms with Gasteiger partial charge in [-0.1, -0.05) is 26.7 Å². The summed E-state index contributed by atoms with van der Waals surface area (Å²) in [6.45, 7) is 5.47. The van der Waals surface area contributed by atoms with Crippen LogP contribution in [0.15, 0.2) is 0 Å². The molecule has 3 nitrogen and oxygen atoms in total. The fourth-order valence-corrected chi connectivity index (χ4v) is 5.69. The fraction of sp³-hybridized carbons (Fsp3) is 1.00. The van der Waals surface area contributed by atoms with E-state index < -0.39 is 9.84 Å². The monoisotopic (exact) mass is 301 g/mol. The second-order valence-corrected chi connectivity index (χ2v) is 10.3. The Kier molecular flexibility index (Phi) is 4.85. The van der Waals surface area contributed by atoms with Crippen LogP contribution in [0.5, 0.6) is 0 Å². The maximum atomic E-state index is 11.9. The van der Waals surface area contributed by atoms with Crippen LogP contribution in [-0.2, 0) is 9.84 Å². The third-order valence-electron chi connectivity index (χ3n) is 5.77. The van der Waals surface area contributed by atoms with Crippen molar-refractivity contribution in [3.63, 3.8) is 0 Å². The lowest BCUT2D eigenvalue weighted by Crippen LogP contribution is -2.41. The molecule has 2 aliphatic carbocycles. The lowest BCUT2D eigenvalue weighted by Gasteiger charge is -2.46. The van der Waals surface area contributed by atoms with Gasteiger partial charge in [0, 0.05) is 6.26 Å². The molecule has 2 saturated carbocycles. The van der Waals surface area contributed by atoms with Crippen molar-refractivity contribution < 1.29 is 8.42 Å². The predicted molar refractivity (Wildman–Crippen MR) is 84.3 cm³/mol. The summed E-state index contributed by atoms with van der Waals surface area (Å²) >= 11 is 0. The van der Waals surface area contributed by atoms with Gasteiger partial charge < -0.3 is 5.73 Å². The average molecular weight is 301 g/mol. The standard InChI is InChI=1S/C16H31NO2S/c1-16(2)8-7-13(11-17)15(10-16)12-5-4-6-14(9-12)20(3,18)19/h12-15H,4-11,17H2,1-3H3. The van der Waals surface area contributed by atoms with Crippen LogP contribution in [0, 0.1) is 23.2 Å². The van der Waals surface area contributed by atoms with E-state index in [-0.39, 0.29) is 5.25 Å². The molecule has 0 saturated heterocycles. The molecule has 0 heterocycles. The van der Waals surface area contributed by atoms with E-state index in [9.17, 15) is 8.42 Å². The Bertz CT molecular complexity index is 430. The third-order valence-corrected chi connectivity index (χ3v) is 7.41. The number of nitrogens with two attached hydrogens (primary N) is 1. The Morgan fingerprint density at radius 2 is 1.90 bits per heavy atom. The van der Waals surface area contributed by atoms with E-state index in [1.807, 2.05) is 0 Å². The van der Waals surface area contributed by atoms with Crippen molar-refractivity contribution in [2.24, 2.45) is 28.9 Å². The highest BCUT2D eigenvalue weighted by Gasteiger charge is 2.41. The molecular formula is C16H31NO2S. The normalized spacial score (nSPS) is 38.6. The molecule has 0 bridgehead atoms. The summed E-state index contributed by atoms with van der Waals surface area (Å²) in [6.07, 6.45) is 9.10. The number of rotatable bonds is 3. The molecule has 118 valence electrons. The number of hydrogen-bond donors (Lipinski definition) is 1. The van der Waals surface area contributed by atoms with Crippen LogP contribution in [0.1, 0.15) is 58.8 Å². The molecule has 0 spiro atoms. The highest BCUT2D eigenvalue weighted by molar-refractivity contribution is 7.91. The molecule has 0 aliphatic heterocycles. The second kappa shape index (κ2) is 5.96. The average Bonchev–Trinajstić information content (AvgIpc) is 2.37. The first-order valence-electron chi connectivity index (χ1n) is 8.12. The zero-order chi connectivity index (χ0) is 15.0. The van der Waals surface area contributed by atoms with Gasteiger partial charge in [-0.2, -0.15) is 0 Å². The van der Waals surface area contributed by atoms with Crippen LogP contribution >= 0.6 is 0 Å². The van der Waals surface area contributed by atoms with Crippen molar-refractivity contribution in [1.82, 2.24) is 0 Å². The maximum Gasteiger partial charge on any atom is 0.150 e. The van der Waals surface area contributed by atoms with Gasteiger partial charge in [0.15, 0.2) is 0 Å². The highest BCUT2D eigenvalue weighted by Crippen LogP contribution is 2.48. The van der Waals surface area contributed by atoms with Crippen LogP contribution in [-0.4, -0.2) is 26.5 Å². The van der Waals surface area contributed by atoms with Gasteiger partial charge in [-0.25, -0.2) is 8.42 Å². The Morgan fingerprint density at radius 3 is 2.50 bits per heavy atom. The zero-order valence-corrected chi connectivity index (χ0v) is 14.1. The summed E-state index contributed by atoms with van der Waals surface area (Å²) in [5, 5.41) is -0.107. The Hall–Kier alpha value is -0.0900. The van der Waals surface area contributed by atoms with Gasteiger partial charge in [0.25, 0.3) is 0 Å². The summed E-state index contributed by atoms with van der Waals surface area (Å²) in [4.78, 5) is 0. The number of hydrogen-bond acceptors (Lipinski definition) is 3. The van der Waals surface area contributed by atoms with E-state index in [0.29, 0.717) is 23.2 Å². The molecule has 2 fully saturated rings. The topological polar surface area (TPSA) is 60.2 Å². The van der Waals surface area contributed by atoms with E-state index in [2.05, 4.69) is 13.8 Å². The SMILES string of the molecule is CC1(C)CCC(CN)C(C2CCCC(S(C)(=O)=O)C2)C1. The van der Waals surface area contributed by atoms with E-state index >= 15 is 0 Å². The summed E-state index contributed by atoms with van der Waals surface area (Å²) in [5.74, 6) is 1.80. The van der Waals surface area contributed by atoms with Crippen LogP contribution in [0.25, 0.3) is 0 Å². The summed E-state index contributed by atoms with van der Waals surface area (Å²) < 4.78 is 23.7. The summed E-state index contributed by atoms with van der Waals surface area (Å²) in [5.41, 5.74) is 6.39. The first kappa shape index (κ1) is 16.3. The largest absolute Gasteiger partial charge is 0.330 e. The van der Waals surface area contributed by atoms with E-state index in [0.717, 1.165) is 25.8 Å². The molecule has 4 atom stereocenters. The van der Waals surface area contributed by atoms with E-state index in [1.54, 1.807) is 0 Å². The molecule has 2 rings (SSSR count). The third kappa shape index (κ3) is 3.76. The Labute approximate surface area is 124 Å². The van der Waals surface area contributed by atoms with Gasteiger partial charge in [-0.15, -0.1) is 0 Å². The minimum atomic E-state index is -2.88. The van der Waals surface area contributed by atoms with Gasteiger partial charge in [0.1, 0.15) is 9.84 Å². The van der Waals surface area contributed by atoms with Gasteiger partial charge in [-0.05, 0) is 61.8 Å². The molecule has 0 aromatic rings. The lowest BCUT2D eigenvalue weighted by molar-refractivity contribution is 0.0623. The molecule has 0 aromatic heterocycles. The van der Waals surface area contributed by atoms with Gasteiger partial charge >= 0.3 is 0 Å². The molecule has 2 aliphatic rings. The minimum absolute atomic E-state index is 0.107. The van der Waals surface area contributed by atoms with Gasteiger partial charge in [0.2, 0.25) is 0 Å². The maximum absolute atomic E-state index is 11.9. The van der Waals surface area contributed by atoms with Crippen molar-refractivity contribution in [3.8, 4) is 0 Å². The minimum Gasteiger partial charge on any atom is -0.330 e. The zero-order valence-electron chi connectivity index (χ0n) is 13.3. The fourth-order valence-electron chi connectivity index (χ4n) is 4.50. The molecule has 0 radical (unpaired) electrons. The van der Waals surface area contributed by atoms with E-state index in [1.165, 1.54) is 31.9 Å². The quantitative estimate of drug-likeness (QED) is 0.871. The number of sulfone groups is 1. The smallest absolute Gasteiger partial charge is 0.150 e. The van der Waals surface area contributed by atoms with Crippen LogP contribution in [0.4, 0.5) is 0 Å². The van der Waals surface area contributed by atoms with Crippen molar-refractivity contribution >= 4 is 9.84 Å². The lowest BCUT2D eigenvalue weighted by atomic mass is 9.61. The Morgan fingerprint density at radius 1 is 1.20 bits per heavy atom. The van der Waals surface area contributed by atoms with Crippen molar-refractivity contribution in [2.45, 2.75) is 64.0 Å². The highest BCUT2D eigenvalue weighted by atomic mass is 32.2. The van der Waals surface area contributed by atoms with Gasteiger partial charge in [0.05, 0.1) is 5.25 Å². The first-order valence-corrected chi connectivity index (χ1v) is 10.1. The summed E-state index contributed by atoms with van der Waals surface area (Å²) in [7, 11) is -2.88. The van der Waals surface area contributed by atoms with Crippen molar-refractivity contribution in [3.05, 3.63) is 0 Å².